The molecule has 0 aromatic heterocycles. The molecule has 8 aromatic rings. The first-order chi connectivity index (χ1) is 23.0. The summed E-state index contributed by atoms with van der Waals surface area (Å²) >= 11 is 0. The van der Waals surface area contributed by atoms with Crippen LogP contribution in [0.5, 0.6) is 0 Å². The molecule has 8 aromatic carbocycles. The Morgan fingerprint density at radius 3 is 1.55 bits per heavy atom. The van der Waals surface area contributed by atoms with E-state index in [1.165, 1.54) is 32.3 Å². The predicted molar refractivity (Wildman–Crippen MR) is 199 cm³/mol. The molecule has 0 saturated heterocycles. The van der Waals surface area contributed by atoms with Crippen molar-refractivity contribution in [3.05, 3.63) is 187 Å². The molecule has 0 heterocycles. The summed E-state index contributed by atoms with van der Waals surface area (Å²) in [6.45, 7) is 6.59. The molecular weight excluding hydrogens is 574 g/mol. The van der Waals surface area contributed by atoms with Crippen molar-refractivity contribution in [3.63, 3.8) is 0 Å². The maximum Gasteiger partial charge on any atom is 0.124 e. The van der Waals surface area contributed by atoms with E-state index in [0.29, 0.717) is 0 Å². The van der Waals surface area contributed by atoms with Crippen molar-refractivity contribution >= 4 is 49.4 Å². The van der Waals surface area contributed by atoms with E-state index in [1.54, 1.807) is 12.1 Å². The number of hydrogen-bond donors (Lipinski definition) is 0. The molecule has 0 aliphatic rings. The summed E-state index contributed by atoms with van der Waals surface area (Å²) < 4.78 is 15.4. The van der Waals surface area contributed by atoms with Gasteiger partial charge in [0, 0.05) is 17.1 Å². The van der Waals surface area contributed by atoms with Crippen LogP contribution in [0, 0.1) is 12.7 Å². The normalized spacial score (nSPS) is 11.3. The van der Waals surface area contributed by atoms with Crippen LogP contribution in [0.1, 0.15) is 11.1 Å². The van der Waals surface area contributed by atoms with Crippen molar-refractivity contribution in [2.45, 2.75) is 6.92 Å². The number of benzene rings is 8. The van der Waals surface area contributed by atoms with Gasteiger partial charge >= 0.3 is 0 Å². The average Bonchev–Trinajstić information content (AvgIpc) is 3.13. The molecule has 0 aliphatic carbocycles. The fourth-order valence-electron chi connectivity index (χ4n) is 6.87. The van der Waals surface area contributed by atoms with Crippen LogP contribution in [0.25, 0.3) is 60.3 Å². The Morgan fingerprint density at radius 2 is 0.957 bits per heavy atom. The highest BCUT2D eigenvalue weighted by Gasteiger charge is 2.18. The molecule has 0 bridgehead atoms. The molecule has 0 spiro atoms. The monoisotopic (exact) mass is 605 g/mol. The van der Waals surface area contributed by atoms with Gasteiger partial charge in [-0.25, -0.2) is 4.39 Å². The standard InChI is InChI=1S/C45H32FN/c1-30-25-33(22-24-45(30)47(38-15-7-4-8-16-38)31(2)32-13-5-3-6-14-32)35-26-36(28-37(46)27-35)34-21-23-43-41-19-10-9-17-39(41)40-18-11-12-20-42(40)44(43)29-34/h3-29H,2H2,1H3. The molecule has 8 rings (SSSR count). The van der Waals surface area contributed by atoms with Gasteiger partial charge in [0.15, 0.2) is 0 Å². The van der Waals surface area contributed by atoms with Crippen molar-refractivity contribution in [2.24, 2.45) is 0 Å². The second kappa shape index (κ2) is 11.7. The van der Waals surface area contributed by atoms with Crippen molar-refractivity contribution < 1.29 is 4.39 Å². The van der Waals surface area contributed by atoms with Gasteiger partial charge in [-0.1, -0.05) is 122 Å². The molecule has 0 saturated carbocycles. The minimum Gasteiger partial charge on any atom is -0.310 e. The van der Waals surface area contributed by atoms with Crippen LogP contribution in [0.15, 0.2) is 170 Å². The number of aryl methyl sites for hydroxylation is 1. The zero-order valence-corrected chi connectivity index (χ0v) is 26.1. The summed E-state index contributed by atoms with van der Waals surface area (Å²) in [5.41, 5.74) is 8.70. The first-order valence-corrected chi connectivity index (χ1v) is 15.9. The Morgan fingerprint density at radius 1 is 0.468 bits per heavy atom. The Hall–Kier alpha value is -5.99. The molecule has 2 heteroatoms. The Kier molecular flexibility index (Phi) is 7.12. The minimum absolute atomic E-state index is 0.258. The third kappa shape index (κ3) is 5.14. The van der Waals surface area contributed by atoms with E-state index in [2.05, 4.69) is 134 Å². The maximum absolute atomic E-state index is 15.4. The van der Waals surface area contributed by atoms with Crippen molar-refractivity contribution in [2.75, 3.05) is 4.90 Å². The SMILES string of the molecule is C=C(c1ccccc1)N(c1ccccc1)c1ccc(-c2cc(F)cc(-c3ccc4c5ccccc5c5ccccc5c4c3)c2)cc1C. The van der Waals surface area contributed by atoms with E-state index in [9.17, 15) is 0 Å². The number of hydrogen-bond acceptors (Lipinski definition) is 1. The third-order valence-corrected chi connectivity index (χ3v) is 9.14. The van der Waals surface area contributed by atoms with Gasteiger partial charge in [0.1, 0.15) is 5.82 Å². The molecule has 0 atom stereocenters. The van der Waals surface area contributed by atoms with Gasteiger partial charge < -0.3 is 4.90 Å². The van der Waals surface area contributed by atoms with Crippen LogP contribution in [0.3, 0.4) is 0 Å². The maximum atomic E-state index is 15.4. The third-order valence-electron chi connectivity index (χ3n) is 9.14. The Labute approximate surface area is 274 Å². The summed E-state index contributed by atoms with van der Waals surface area (Å²) in [5.74, 6) is -0.258. The topological polar surface area (TPSA) is 3.24 Å². The van der Waals surface area contributed by atoms with Gasteiger partial charge in [-0.3, -0.25) is 0 Å². The van der Waals surface area contributed by atoms with Crippen LogP contribution < -0.4 is 4.90 Å². The van der Waals surface area contributed by atoms with E-state index in [-0.39, 0.29) is 5.82 Å². The molecule has 0 N–H and O–H groups in total. The summed E-state index contributed by atoms with van der Waals surface area (Å²) in [7, 11) is 0. The fraction of sp³-hybridized carbons (Fsp3) is 0.0222. The van der Waals surface area contributed by atoms with Crippen LogP contribution in [0.2, 0.25) is 0 Å². The highest BCUT2D eigenvalue weighted by molar-refractivity contribution is 6.25. The van der Waals surface area contributed by atoms with E-state index >= 15 is 4.39 Å². The van der Waals surface area contributed by atoms with Crippen molar-refractivity contribution in [1.29, 1.82) is 0 Å². The predicted octanol–water partition coefficient (Wildman–Crippen LogP) is 12.7. The van der Waals surface area contributed by atoms with Crippen molar-refractivity contribution in [3.8, 4) is 22.3 Å². The lowest BCUT2D eigenvalue weighted by atomic mass is 9.91. The molecule has 0 fully saturated rings. The molecule has 0 aliphatic heterocycles. The number of anilines is 2. The van der Waals surface area contributed by atoms with Crippen LogP contribution in [-0.2, 0) is 0 Å². The molecule has 1 nitrogen and oxygen atoms in total. The van der Waals surface area contributed by atoms with Crippen LogP contribution >= 0.6 is 0 Å². The first kappa shape index (κ1) is 28.5. The Bertz CT molecular complexity index is 2410. The molecular formula is C45H32FN. The van der Waals surface area contributed by atoms with Crippen LogP contribution in [-0.4, -0.2) is 0 Å². The van der Waals surface area contributed by atoms with Gasteiger partial charge in [0.25, 0.3) is 0 Å². The van der Waals surface area contributed by atoms with Gasteiger partial charge in [-0.15, -0.1) is 0 Å². The highest BCUT2D eigenvalue weighted by Crippen LogP contribution is 2.40. The first-order valence-electron chi connectivity index (χ1n) is 15.9. The molecule has 47 heavy (non-hydrogen) atoms. The highest BCUT2D eigenvalue weighted by atomic mass is 19.1. The summed E-state index contributed by atoms with van der Waals surface area (Å²) in [5, 5.41) is 7.26. The summed E-state index contributed by atoms with van der Waals surface area (Å²) in [6.07, 6.45) is 0. The van der Waals surface area contributed by atoms with Crippen molar-refractivity contribution in [1.82, 2.24) is 0 Å². The lowest BCUT2D eigenvalue weighted by Gasteiger charge is -2.29. The van der Waals surface area contributed by atoms with E-state index in [1.807, 2.05) is 36.4 Å². The van der Waals surface area contributed by atoms with Gasteiger partial charge in [-0.05, 0) is 121 Å². The largest absolute Gasteiger partial charge is 0.310 e. The fourth-order valence-corrected chi connectivity index (χ4v) is 6.87. The lowest BCUT2D eigenvalue weighted by molar-refractivity contribution is 0.629. The number of rotatable bonds is 6. The van der Waals surface area contributed by atoms with E-state index < -0.39 is 0 Å². The molecule has 0 amide bonds. The summed E-state index contributed by atoms with van der Waals surface area (Å²) in [6, 6.07) is 55.8. The second-order valence-electron chi connectivity index (χ2n) is 12.1. The average molecular weight is 606 g/mol. The summed E-state index contributed by atoms with van der Waals surface area (Å²) in [4.78, 5) is 2.19. The number of halogens is 1. The quantitative estimate of drug-likeness (QED) is 0.170. The molecule has 0 unspecified atom stereocenters. The number of para-hydroxylation sites is 1. The minimum atomic E-state index is -0.258. The number of nitrogens with zero attached hydrogens (tertiary/aromatic N) is 1. The van der Waals surface area contributed by atoms with Gasteiger partial charge in [0.05, 0.1) is 0 Å². The smallest absolute Gasteiger partial charge is 0.124 e. The van der Waals surface area contributed by atoms with Gasteiger partial charge in [-0.2, -0.15) is 0 Å². The number of fused-ring (bicyclic) bond motifs is 6. The zero-order valence-electron chi connectivity index (χ0n) is 26.1. The van der Waals surface area contributed by atoms with Crippen LogP contribution in [0.4, 0.5) is 15.8 Å². The van der Waals surface area contributed by atoms with Gasteiger partial charge in [0.2, 0.25) is 0 Å². The molecule has 224 valence electrons. The van der Waals surface area contributed by atoms with E-state index in [0.717, 1.165) is 50.5 Å². The van der Waals surface area contributed by atoms with E-state index in [4.69, 9.17) is 0 Å². The zero-order chi connectivity index (χ0) is 31.9. The molecule has 0 radical (unpaired) electrons. The second-order valence-corrected chi connectivity index (χ2v) is 12.1. The Balaban J connectivity index is 1.22. The lowest BCUT2D eigenvalue weighted by Crippen LogP contribution is -2.15.